The average molecular weight is 259 g/mol. The van der Waals surface area contributed by atoms with Crippen LogP contribution < -0.4 is 5.32 Å². The summed E-state index contributed by atoms with van der Waals surface area (Å²) in [6.45, 7) is 9.37. The predicted octanol–water partition coefficient (Wildman–Crippen LogP) is 2.49. The fourth-order valence-corrected chi connectivity index (χ4v) is 1.38. The SMILES string of the molecule is CC[C@H](C)C[C@H](NC(=O)OC(C)(C)C)C(=O)OC. The van der Waals surface area contributed by atoms with Crippen LogP contribution in [-0.2, 0) is 14.3 Å². The molecule has 1 N–H and O–H groups in total. The molecule has 5 heteroatoms. The van der Waals surface area contributed by atoms with Gasteiger partial charge in [-0.25, -0.2) is 9.59 Å². The summed E-state index contributed by atoms with van der Waals surface area (Å²) < 4.78 is 9.80. The van der Waals surface area contributed by atoms with Gasteiger partial charge in [-0.3, -0.25) is 0 Å². The maximum Gasteiger partial charge on any atom is 0.408 e. The lowest BCUT2D eigenvalue weighted by molar-refractivity contribution is -0.143. The van der Waals surface area contributed by atoms with Crippen LogP contribution in [0.15, 0.2) is 0 Å². The monoisotopic (exact) mass is 259 g/mol. The molecule has 0 aromatic carbocycles. The van der Waals surface area contributed by atoms with Crippen molar-refractivity contribution < 1.29 is 19.1 Å². The van der Waals surface area contributed by atoms with Crippen LogP contribution >= 0.6 is 0 Å². The molecule has 0 saturated heterocycles. The van der Waals surface area contributed by atoms with Crippen LogP contribution in [0, 0.1) is 5.92 Å². The Morgan fingerprint density at radius 3 is 2.22 bits per heavy atom. The van der Waals surface area contributed by atoms with Gasteiger partial charge in [0.05, 0.1) is 7.11 Å². The van der Waals surface area contributed by atoms with Crippen LogP contribution in [0.1, 0.15) is 47.5 Å². The second-order valence-corrected chi connectivity index (χ2v) is 5.47. The van der Waals surface area contributed by atoms with E-state index in [4.69, 9.17) is 4.74 Å². The van der Waals surface area contributed by atoms with Crippen molar-refractivity contribution in [3.05, 3.63) is 0 Å². The lowest BCUT2D eigenvalue weighted by Crippen LogP contribution is -2.44. The summed E-state index contributed by atoms with van der Waals surface area (Å²) in [6, 6.07) is -0.653. The van der Waals surface area contributed by atoms with E-state index < -0.39 is 23.7 Å². The molecule has 0 unspecified atom stereocenters. The van der Waals surface area contributed by atoms with E-state index in [2.05, 4.69) is 10.1 Å². The molecule has 0 aliphatic heterocycles. The average Bonchev–Trinajstić information content (AvgIpc) is 2.24. The van der Waals surface area contributed by atoms with Gasteiger partial charge in [-0.05, 0) is 33.1 Å². The first-order valence-electron chi connectivity index (χ1n) is 6.27. The topological polar surface area (TPSA) is 64.6 Å². The predicted molar refractivity (Wildman–Crippen MR) is 69.2 cm³/mol. The Bertz CT molecular complexity index is 283. The van der Waals surface area contributed by atoms with Crippen LogP contribution in [0.4, 0.5) is 4.79 Å². The number of hydrogen-bond acceptors (Lipinski definition) is 4. The molecule has 0 aromatic heterocycles. The fraction of sp³-hybridized carbons (Fsp3) is 0.846. The van der Waals surface area contributed by atoms with E-state index in [-0.39, 0.29) is 0 Å². The van der Waals surface area contributed by atoms with Gasteiger partial charge in [0.25, 0.3) is 0 Å². The van der Waals surface area contributed by atoms with Gasteiger partial charge < -0.3 is 14.8 Å². The zero-order valence-electron chi connectivity index (χ0n) is 12.2. The van der Waals surface area contributed by atoms with Crippen molar-refractivity contribution in [1.29, 1.82) is 0 Å². The maximum absolute atomic E-state index is 11.6. The molecule has 0 aliphatic rings. The first kappa shape index (κ1) is 16.7. The van der Waals surface area contributed by atoms with Crippen LogP contribution in [0.2, 0.25) is 0 Å². The lowest BCUT2D eigenvalue weighted by Gasteiger charge is -2.23. The summed E-state index contributed by atoms with van der Waals surface area (Å²) in [4.78, 5) is 23.2. The normalized spacial score (nSPS) is 14.6. The number of ether oxygens (including phenoxy) is 2. The van der Waals surface area contributed by atoms with Gasteiger partial charge in [-0.15, -0.1) is 0 Å². The summed E-state index contributed by atoms with van der Waals surface area (Å²) >= 11 is 0. The summed E-state index contributed by atoms with van der Waals surface area (Å²) in [5.74, 6) is -0.120. The Hall–Kier alpha value is -1.26. The number of esters is 1. The Kier molecular flexibility index (Phi) is 6.73. The molecule has 0 rings (SSSR count). The molecule has 0 bridgehead atoms. The molecule has 0 radical (unpaired) electrons. The third-order valence-electron chi connectivity index (χ3n) is 2.51. The third-order valence-corrected chi connectivity index (χ3v) is 2.51. The fourth-order valence-electron chi connectivity index (χ4n) is 1.38. The Morgan fingerprint density at radius 1 is 1.28 bits per heavy atom. The summed E-state index contributed by atoms with van der Waals surface area (Å²) in [7, 11) is 1.31. The smallest absolute Gasteiger partial charge is 0.408 e. The highest BCUT2D eigenvalue weighted by Crippen LogP contribution is 2.12. The van der Waals surface area contributed by atoms with Crippen molar-refractivity contribution in [3.63, 3.8) is 0 Å². The molecule has 5 nitrogen and oxygen atoms in total. The van der Waals surface area contributed by atoms with E-state index >= 15 is 0 Å². The number of rotatable bonds is 5. The summed E-state index contributed by atoms with van der Waals surface area (Å²) in [5.41, 5.74) is -0.582. The molecule has 18 heavy (non-hydrogen) atoms. The quantitative estimate of drug-likeness (QED) is 0.770. The molecular formula is C13H25NO4. The maximum atomic E-state index is 11.6. The van der Waals surface area contributed by atoms with E-state index in [9.17, 15) is 9.59 Å². The van der Waals surface area contributed by atoms with Crippen molar-refractivity contribution >= 4 is 12.1 Å². The number of hydrogen-bond donors (Lipinski definition) is 1. The first-order valence-corrected chi connectivity index (χ1v) is 6.27. The molecule has 1 amide bonds. The summed E-state index contributed by atoms with van der Waals surface area (Å²) in [6.07, 6.45) is 0.882. The number of nitrogens with one attached hydrogen (secondary N) is 1. The molecule has 2 atom stereocenters. The van der Waals surface area contributed by atoms with E-state index in [1.807, 2.05) is 13.8 Å². The Balaban J connectivity index is 4.50. The van der Waals surface area contributed by atoms with Gasteiger partial charge in [-0.1, -0.05) is 20.3 Å². The number of carbonyl (C=O) groups is 2. The van der Waals surface area contributed by atoms with E-state index in [0.717, 1.165) is 6.42 Å². The van der Waals surface area contributed by atoms with Crippen molar-refractivity contribution in [3.8, 4) is 0 Å². The van der Waals surface area contributed by atoms with E-state index in [1.165, 1.54) is 7.11 Å². The molecule has 106 valence electrons. The first-order chi connectivity index (χ1) is 8.19. The number of alkyl carbamates (subject to hydrolysis) is 1. The van der Waals surface area contributed by atoms with Gasteiger partial charge in [0.2, 0.25) is 0 Å². The second-order valence-electron chi connectivity index (χ2n) is 5.47. The van der Waals surface area contributed by atoms with Gasteiger partial charge in [0, 0.05) is 0 Å². The highest BCUT2D eigenvalue weighted by atomic mass is 16.6. The van der Waals surface area contributed by atoms with Gasteiger partial charge >= 0.3 is 12.1 Å². The minimum Gasteiger partial charge on any atom is -0.467 e. The van der Waals surface area contributed by atoms with Crippen molar-refractivity contribution in [2.24, 2.45) is 5.92 Å². The molecule has 0 heterocycles. The highest BCUT2D eigenvalue weighted by molar-refractivity contribution is 5.81. The Labute approximate surface area is 109 Å². The van der Waals surface area contributed by atoms with Crippen molar-refractivity contribution in [1.82, 2.24) is 5.32 Å². The van der Waals surface area contributed by atoms with Gasteiger partial charge in [0.15, 0.2) is 0 Å². The van der Waals surface area contributed by atoms with Crippen LogP contribution in [0.25, 0.3) is 0 Å². The molecule has 0 fully saturated rings. The van der Waals surface area contributed by atoms with Crippen LogP contribution in [0.5, 0.6) is 0 Å². The zero-order chi connectivity index (χ0) is 14.3. The Morgan fingerprint density at radius 2 is 1.83 bits per heavy atom. The zero-order valence-corrected chi connectivity index (χ0v) is 12.2. The number of amides is 1. The summed E-state index contributed by atoms with van der Waals surface area (Å²) in [5, 5.41) is 2.55. The molecule has 0 spiro atoms. The van der Waals surface area contributed by atoms with E-state index in [1.54, 1.807) is 20.8 Å². The highest BCUT2D eigenvalue weighted by Gasteiger charge is 2.26. The van der Waals surface area contributed by atoms with Crippen molar-refractivity contribution in [2.75, 3.05) is 7.11 Å². The molecular weight excluding hydrogens is 234 g/mol. The van der Waals surface area contributed by atoms with Crippen LogP contribution in [-0.4, -0.2) is 30.8 Å². The third kappa shape index (κ3) is 7.14. The molecule has 0 aliphatic carbocycles. The second kappa shape index (κ2) is 7.24. The largest absolute Gasteiger partial charge is 0.467 e. The molecule has 0 saturated carbocycles. The van der Waals surface area contributed by atoms with Gasteiger partial charge in [-0.2, -0.15) is 0 Å². The lowest BCUT2D eigenvalue weighted by atomic mass is 9.99. The molecule has 0 aromatic rings. The minimum absolute atomic E-state index is 0.323. The number of carbonyl (C=O) groups excluding carboxylic acids is 2. The standard InChI is InChI=1S/C13H25NO4/c1-7-9(2)8-10(11(15)17-6)14-12(16)18-13(3,4)5/h9-10H,7-8H2,1-6H3,(H,14,16)/t9-,10-/m0/s1. The minimum atomic E-state index is -0.653. The van der Waals surface area contributed by atoms with E-state index in [0.29, 0.717) is 12.3 Å². The van der Waals surface area contributed by atoms with Crippen molar-refractivity contribution in [2.45, 2.75) is 59.1 Å². The number of methoxy groups -OCH3 is 1. The van der Waals surface area contributed by atoms with Crippen LogP contribution in [0.3, 0.4) is 0 Å². The van der Waals surface area contributed by atoms with Gasteiger partial charge in [0.1, 0.15) is 11.6 Å².